The fourth-order valence-corrected chi connectivity index (χ4v) is 3.32. The van der Waals surface area contributed by atoms with E-state index in [9.17, 15) is 9.18 Å². The second-order valence-electron chi connectivity index (χ2n) is 6.02. The fourth-order valence-electron chi connectivity index (χ4n) is 3.09. The van der Waals surface area contributed by atoms with Crippen LogP contribution in [0.5, 0.6) is 0 Å². The van der Waals surface area contributed by atoms with Gasteiger partial charge in [0.2, 0.25) is 0 Å². The Morgan fingerprint density at radius 1 is 1.35 bits per heavy atom. The van der Waals surface area contributed by atoms with Crippen LogP contribution in [-0.4, -0.2) is 15.2 Å². The Labute approximate surface area is 136 Å². The van der Waals surface area contributed by atoms with Crippen molar-refractivity contribution in [3.63, 3.8) is 0 Å². The standard InChI is InChI=1S/C17H15ClFN3O/c18-12-5-2-6-13(19)11(12)7-10-8-14(23)15-16(9-3-1-4-9)21-22-17(15)20-10/h2,5-6,8-9H,1,3-4,7H2,(H2,20,21,22,23). The highest BCUT2D eigenvalue weighted by molar-refractivity contribution is 6.31. The maximum Gasteiger partial charge on any atom is 0.193 e. The molecule has 1 aromatic carbocycles. The van der Waals surface area contributed by atoms with Gasteiger partial charge in [-0.05, 0) is 25.0 Å². The number of aromatic nitrogens is 3. The summed E-state index contributed by atoms with van der Waals surface area (Å²) in [6.45, 7) is 0. The van der Waals surface area contributed by atoms with Crippen LogP contribution < -0.4 is 5.43 Å². The number of H-pyrrole nitrogens is 2. The van der Waals surface area contributed by atoms with Gasteiger partial charge >= 0.3 is 0 Å². The second-order valence-corrected chi connectivity index (χ2v) is 6.43. The van der Waals surface area contributed by atoms with E-state index >= 15 is 0 Å². The summed E-state index contributed by atoms with van der Waals surface area (Å²) in [5, 5.41) is 8.18. The molecule has 6 heteroatoms. The summed E-state index contributed by atoms with van der Waals surface area (Å²) in [5.41, 5.74) is 2.33. The summed E-state index contributed by atoms with van der Waals surface area (Å²) in [6.07, 6.45) is 3.59. The highest BCUT2D eigenvalue weighted by atomic mass is 35.5. The summed E-state index contributed by atoms with van der Waals surface area (Å²) in [5.74, 6) is 0.0172. The van der Waals surface area contributed by atoms with Gasteiger partial charge in [0.05, 0.1) is 11.1 Å². The summed E-state index contributed by atoms with van der Waals surface area (Å²) < 4.78 is 13.9. The van der Waals surface area contributed by atoms with E-state index in [1.54, 1.807) is 12.1 Å². The SMILES string of the molecule is O=c1cc(Cc2c(F)cccc2Cl)[nH]c2n[nH]c(C3CCC3)c12. The third kappa shape index (κ3) is 2.45. The first-order valence-electron chi connectivity index (χ1n) is 7.66. The Morgan fingerprint density at radius 3 is 2.87 bits per heavy atom. The zero-order valence-corrected chi connectivity index (χ0v) is 13.1. The molecule has 0 spiro atoms. The minimum absolute atomic E-state index is 0.0862. The Bertz CT molecular complexity index is 922. The van der Waals surface area contributed by atoms with Gasteiger partial charge in [0.25, 0.3) is 0 Å². The van der Waals surface area contributed by atoms with E-state index in [4.69, 9.17) is 11.6 Å². The first-order valence-corrected chi connectivity index (χ1v) is 8.04. The number of fused-ring (bicyclic) bond motifs is 1. The molecule has 0 amide bonds. The predicted molar refractivity (Wildman–Crippen MR) is 87.5 cm³/mol. The van der Waals surface area contributed by atoms with Crippen molar-refractivity contribution in [3.05, 3.63) is 62.3 Å². The molecule has 1 aliphatic rings. The van der Waals surface area contributed by atoms with Crippen molar-refractivity contribution in [1.82, 2.24) is 15.2 Å². The van der Waals surface area contributed by atoms with Crippen molar-refractivity contribution >= 4 is 22.6 Å². The average molecular weight is 332 g/mol. The molecule has 4 rings (SSSR count). The number of halogens is 2. The molecule has 3 aromatic rings. The summed E-state index contributed by atoms with van der Waals surface area (Å²) in [7, 11) is 0. The van der Waals surface area contributed by atoms with Crippen LogP contribution in [0.15, 0.2) is 29.1 Å². The van der Waals surface area contributed by atoms with Gasteiger partial charge in [0.1, 0.15) is 5.82 Å². The third-order valence-electron chi connectivity index (χ3n) is 4.57. The quantitative estimate of drug-likeness (QED) is 0.764. The summed E-state index contributed by atoms with van der Waals surface area (Å²) in [6, 6.07) is 6.08. The Hall–Kier alpha value is -2.14. The minimum Gasteiger partial charge on any atom is -0.341 e. The number of hydrogen-bond donors (Lipinski definition) is 2. The largest absolute Gasteiger partial charge is 0.341 e. The van der Waals surface area contributed by atoms with Crippen molar-refractivity contribution in [3.8, 4) is 0 Å². The number of nitrogens with one attached hydrogen (secondary N) is 2. The molecule has 1 aliphatic carbocycles. The van der Waals surface area contributed by atoms with Gasteiger partial charge in [-0.15, -0.1) is 0 Å². The van der Waals surface area contributed by atoms with E-state index in [1.165, 1.54) is 18.6 Å². The molecule has 0 bridgehead atoms. The lowest BCUT2D eigenvalue weighted by atomic mass is 9.82. The van der Waals surface area contributed by atoms with Crippen LogP contribution in [0.3, 0.4) is 0 Å². The van der Waals surface area contributed by atoms with Crippen LogP contribution in [0.1, 0.15) is 42.1 Å². The van der Waals surface area contributed by atoms with E-state index in [0.717, 1.165) is 18.5 Å². The van der Waals surface area contributed by atoms with E-state index in [2.05, 4.69) is 15.2 Å². The van der Waals surface area contributed by atoms with Gasteiger partial charge in [-0.3, -0.25) is 9.89 Å². The van der Waals surface area contributed by atoms with E-state index < -0.39 is 0 Å². The average Bonchev–Trinajstić information content (AvgIpc) is 2.85. The lowest BCUT2D eigenvalue weighted by molar-refractivity contribution is 0.413. The lowest BCUT2D eigenvalue weighted by Crippen LogP contribution is -2.13. The molecule has 4 nitrogen and oxygen atoms in total. The molecule has 118 valence electrons. The molecule has 0 saturated heterocycles. The van der Waals surface area contributed by atoms with Gasteiger partial charge in [0, 0.05) is 34.7 Å². The van der Waals surface area contributed by atoms with Gasteiger partial charge < -0.3 is 4.98 Å². The first kappa shape index (κ1) is 14.5. The van der Waals surface area contributed by atoms with Gasteiger partial charge in [-0.25, -0.2) is 4.39 Å². The molecule has 0 radical (unpaired) electrons. The maximum absolute atomic E-state index is 13.9. The molecule has 2 N–H and O–H groups in total. The Morgan fingerprint density at radius 2 is 2.17 bits per heavy atom. The molecular weight excluding hydrogens is 317 g/mol. The lowest BCUT2D eigenvalue weighted by Gasteiger charge is -2.23. The second kappa shape index (κ2) is 5.49. The topological polar surface area (TPSA) is 61.5 Å². The number of benzene rings is 1. The van der Waals surface area contributed by atoms with Crippen molar-refractivity contribution < 1.29 is 4.39 Å². The van der Waals surface area contributed by atoms with Crippen molar-refractivity contribution in [1.29, 1.82) is 0 Å². The number of nitrogens with zero attached hydrogens (tertiary/aromatic N) is 1. The number of hydrogen-bond acceptors (Lipinski definition) is 2. The van der Waals surface area contributed by atoms with E-state index in [-0.39, 0.29) is 17.7 Å². The molecule has 1 saturated carbocycles. The molecule has 2 aromatic heterocycles. The minimum atomic E-state index is -0.379. The smallest absolute Gasteiger partial charge is 0.193 e. The molecule has 0 aliphatic heterocycles. The van der Waals surface area contributed by atoms with Crippen molar-refractivity contribution in [2.24, 2.45) is 0 Å². The molecule has 1 fully saturated rings. The van der Waals surface area contributed by atoms with Crippen molar-refractivity contribution in [2.45, 2.75) is 31.6 Å². The van der Waals surface area contributed by atoms with Crippen molar-refractivity contribution in [2.75, 3.05) is 0 Å². The van der Waals surface area contributed by atoms with Gasteiger partial charge in [-0.1, -0.05) is 24.1 Å². The van der Waals surface area contributed by atoms with Crippen LogP contribution in [0.2, 0.25) is 5.02 Å². The molecular formula is C17H15ClFN3O. The summed E-state index contributed by atoms with van der Waals surface area (Å²) in [4.78, 5) is 15.6. The monoisotopic (exact) mass is 331 g/mol. The van der Waals surface area contributed by atoms with E-state index in [1.807, 2.05) is 0 Å². The molecule has 0 atom stereocenters. The summed E-state index contributed by atoms with van der Waals surface area (Å²) >= 11 is 6.06. The molecule has 0 unspecified atom stereocenters. The van der Waals surface area contributed by atoms with Gasteiger partial charge in [-0.2, -0.15) is 5.10 Å². The Balaban J connectivity index is 1.76. The van der Waals surface area contributed by atoms with Crippen LogP contribution in [0.25, 0.3) is 11.0 Å². The van der Waals surface area contributed by atoms with Crippen LogP contribution in [-0.2, 0) is 6.42 Å². The fraction of sp³-hybridized carbons (Fsp3) is 0.294. The zero-order valence-electron chi connectivity index (χ0n) is 12.3. The normalized spacial score (nSPS) is 15.0. The maximum atomic E-state index is 13.9. The molecule has 23 heavy (non-hydrogen) atoms. The molecule has 2 heterocycles. The highest BCUT2D eigenvalue weighted by Gasteiger charge is 2.25. The highest BCUT2D eigenvalue weighted by Crippen LogP contribution is 2.37. The first-order chi connectivity index (χ1) is 11.1. The Kier molecular flexibility index (Phi) is 3.45. The number of aromatic amines is 2. The number of rotatable bonds is 3. The zero-order chi connectivity index (χ0) is 16.0. The van der Waals surface area contributed by atoms with E-state index in [0.29, 0.717) is 33.2 Å². The third-order valence-corrected chi connectivity index (χ3v) is 4.92. The van der Waals surface area contributed by atoms with Crippen LogP contribution in [0, 0.1) is 5.82 Å². The van der Waals surface area contributed by atoms with Crippen LogP contribution >= 0.6 is 11.6 Å². The number of pyridine rings is 1. The predicted octanol–water partition coefficient (Wildman–Crippen LogP) is 3.90. The van der Waals surface area contributed by atoms with Gasteiger partial charge in [0.15, 0.2) is 11.1 Å². The van der Waals surface area contributed by atoms with Crippen LogP contribution in [0.4, 0.5) is 4.39 Å².